The van der Waals surface area contributed by atoms with Gasteiger partial charge in [-0.1, -0.05) is 18.2 Å². The van der Waals surface area contributed by atoms with Crippen molar-refractivity contribution in [2.45, 2.75) is 6.92 Å². The van der Waals surface area contributed by atoms with E-state index in [-0.39, 0.29) is 0 Å². The van der Waals surface area contributed by atoms with Gasteiger partial charge in [-0.15, -0.1) is 0 Å². The van der Waals surface area contributed by atoms with E-state index >= 15 is 0 Å². The van der Waals surface area contributed by atoms with Crippen LogP contribution in [0.4, 0.5) is 5.69 Å². The van der Waals surface area contributed by atoms with Gasteiger partial charge in [0.05, 0.1) is 0 Å². The topological polar surface area (TPSA) is 51.8 Å². The first-order chi connectivity index (χ1) is 9.25. The van der Waals surface area contributed by atoms with E-state index < -0.39 is 0 Å². The van der Waals surface area contributed by atoms with Crippen LogP contribution in [0.25, 0.3) is 22.3 Å². The van der Waals surface area contributed by atoms with Crippen LogP contribution in [0, 0.1) is 6.92 Å². The SMILES string of the molecule is Cc1sncc1-c1ccc(-c2cccnc2)c(N)c1. The third-order valence-electron chi connectivity index (χ3n) is 3.09. The lowest BCUT2D eigenvalue weighted by Crippen LogP contribution is -1.91. The van der Waals surface area contributed by atoms with E-state index in [9.17, 15) is 0 Å². The van der Waals surface area contributed by atoms with Crippen molar-refractivity contribution in [2.75, 3.05) is 5.73 Å². The summed E-state index contributed by atoms with van der Waals surface area (Å²) in [4.78, 5) is 5.33. The third kappa shape index (κ3) is 2.22. The molecule has 4 heteroatoms. The fourth-order valence-electron chi connectivity index (χ4n) is 2.09. The number of pyridine rings is 1. The summed E-state index contributed by atoms with van der Waals surface area (Å²) in [5.74, 6) is 0. The number of nitrogens with two attached hydrogens (primary N) is 1. The molecule has 3 rings (SSSR count). The van der Waals surface area contributed by atoms with Crippen LogP contribution in [-0.2, 0) is 0 Å². The molecule has 19 heavy (non-hydrogen) atoms. The van der Waals surface area contributed by atoms with Crippen molar-refractivity contribution in [3.05, 3.63) is 53.8 Å². The number of aryl methyl sites for hydroxylation is 1. The van der Waals surface area contributed by atoms with Crippen LogP contribution in [0.3, 0.4) is 0 Å². The van der Waals surface area contributed by atoms with Crippen LogP contribution >= 0.6 is 11.5 Å². The Hall–Kier alpha value is -2.20. The Kier molecular flexibility index (Phi) is 3.01. The summed E-state index contributed by atoms with van der Waals surface area (Å²) in [6, 6.07) is 10.0. The van der Waals surface area contributed by atoms with Crippen molar-refractivity contribution in [1.82, 2.24) is 9.36 Å². The Labute approximate surface area is 115 Å². The number of benzene rings is 1. The molecule has 0 bridgehead atoms. The van der Waals surface area contributed by atoms with Crippen LogP contribution in [0.1, 0.15) is 4.88 Å². The van der Waals surface area contributed by atoms with Crippen molar-refractivity contribution in [3.8, 4) is 22.3 Å². The van der Waals surface area contributed by atoms with Gasteiger partial charge in [0.25, 0.3) is 0 Å². The van der Waals surface area contributed by atoms with Crippen LogP contribution in [-0.4, -0.2) is 9.36 Å². The highest BCUT2D eigenvalue weighted by Crippen LogP contribution is 2.32. The largest absolute Gasteiger partial charge is 0.398 e. The number of aromatic nitrogens is 2. The van der Waals surface area contributed by atoms with Crippen molar-refractivity contribution in [3.63, 3.8) is 0 Å². The van der Waals surface area contributed by atoms with Gasteiger partial charge in [-0.25, -0.2) is 4.37 Å². The van der Waals surface area contributed by atoms with E-state index in [1.54, 1.807) is 6.20 Å². The average molecular weight is 267 g/mol. The molecular formula is C15H13N3S. The van der Waals surface area contributed by atoms with Gasteiger partial charge in [-0.2, -0.15) is 0 Å². The molecule has 3 nitrogen and oxygen atoms in total. The van der Waals surface area contributed by atoms with Gasteiger partial charge >= 0.3 is 0 Å². The predicted molar refractivity (Wildman–Crippen MR) is 79.9 cm³/mol. The lowest BCUT2D eigenvalue weighted by molar-refractivity contribution is 1.33. The second-order valence-electron chi connectivity index (χ2n) is 4.34. The molecule has 2 aromatic heterocycles. The number of rotatable bonds is 2. The number of nitrogens with zero attached hydrogens (tertiary/aromatic N) is 2. The summed E-state index contributed by atoms with van der Waals surface area (Å²) in [6.45, 7) is 2.07. The molecule has 3 aromatic rings. The van der Waals surface area contributed by atoms with Crippen LogP contribution in [0.15, 0.2) is 48.9 Å². The zero-order valence-electron chi connectivity index (χ0n) is 10.5. The highest BCUT2D eigenvalue weighted by atomic mass is 32.1. The van der Waals surface area contributed by atoms with E-state index in [2.05, 4.69) is 22.3 Å². The van der Waals surface area contributed by atoms with Gasteiger partial charge in [-0.3, -0.25) is 4.98 Å². The standard InChI is InChI=1S/C15H13N3S/c1-10-14(9-18-19-10)11-4-5-13(15(16)7-11)12-3-2-6-17-8-12/h2-9H,16H2,1H3. The van der Waals surface area contributed by atoms with Crippen LogP contribution < -0.4 is 5.73 Å². The van der Waals surface area contributed by atoms with Crippen LogP contribution in [0.5, 0.6) is 0 Å². The fraction of sp³-hybridized carbons (Fsp3) is 0.0667. The summed E-state index contributed by atoms with van der Waals surface area (Å²) in [7, 11) is 0. The molecule has 0 saturated heterocycles. The van der Waals surface area contributed by atoms with Gasteiger partial charge in [0.1, 0.15) is 0 Å². The summed E-state index contributed by atoms with van der Waals surface area (Å²) < 4.78 is 4.20. The van der Waals surface area contributed by atoms with E-state index in [1.807, 2.05) is 36.7 Å². The predicted octanol–water partition coefficient (Wildman–Crippen LogP) is 3.76. The van der Waals surface area contributed by atoms with Crippen molar-refractivity contribution < 1.29 is 0 Å². The van der Waals surface area contributed by atoms with E-state index in [0.717, 1.165) is 27.9 Å². The summed E-state index contributed by atoms with van der Waals surface area (Å²) in [5.41, 5.74) is 11.2. The first-order valence-corrected chi connectivity index (χ1v) is 6.74. The second-order valence-corrected chi connectivity index (χ2v) is 5.35. The molecule has 0 unspecified atom stereocenters. The molecule has 0 aliphatic carbocycles. The van der Waals surface area contributed by atoms with Gasteiger partial charge in [0.15, 0.2) is 0 Å². The number of nitrogen functional groups attached to an aromatic ring is 1. The quantitative estimate of drug-likeness (QED) is 0.719. The Morgan fingerprint density at radius 2 is 1.95 bits per heavy atom. The molecule has 0 radical (unpaired) electrons. The molecule has 0 aliphatic rings. The second kappa shape index (κ2) is 4.82. The smallest absolute Gasteiger partial charge is 0.0488 e. The van der Waals surface area contributed by atoms with E-state index in [1.165, 1.54) is 16.4 Å². The van der Waals surface area contributed by atoms with Crippen LogP contribution in [0.2, 0.25) is 0 Å². The van der Waals surface area contributed by atoms with Gasteiger partial charge in [-0.05, 0) is 36.2 Å². The molecule has 0 fully saturated rings. The van der Waals surface area contributed by atoms with Gasteiger partial charge in [0.2, 0.25) is 0 Å². The zero-order valence-corrected chi connectivity index (χ0v) is 11.3. The van der Waals surface area contributed by atoms with E-state index in [4.69, 9.17) is 5.73 Å². The Balaban J connectivity index is 2.06. The molecule has 94 valence electrons. The maximum Gasteiger partial charge on any atom is 0.0488 e. The fourth-order valence-corrected chi connectivity index (χ4v) is 2.68. The Morgan fingerprint density at radius 3 is 2.58 bits per heavy atom. The molecule has 0 aliphatic heterocycles. The van der Waals surface area contributed by atoms with E-state index in [0.29, 0.717) is 0 Å². The summed E-state index contributed by atoms with van der Waals surface area (Å²) in [6.07, 6.45) is 5.47. The monoisotopic (exact) mass is 267 g/mol. The first-order valence-electron chi connectivity index (χ1n) is 5.97. The molecule has 2 heterocycles. The lowest BCUT2D eigenvalue weighted by atomic mass is 10.0. The first kappa shape index (κ1) is 11.9. The normalized spacial score (nSPS) is 10.6. The van der Waals surface area contributed by atoms with Crippen molar-refractivity contribution in [1.29, 1.82) is 0 Å². The number of anilines is 1. The minimum atomic E-state index is 0.760. The van der Waals surface area contributed by atoms with Crippen molar-refractivity contribution >= 4 is 17.2 Å². The molecule has 1 aromatic carbocycles. The maximum absolute atomic E-state index is 6.16. The summed E-state index contributed by atoms with van der Waals surface area (Å²) in [5, 5.41) is 0. The molecular weight excluding hydrogens is 254 g/mol. The Bertz CT molecular complexity index is 704. The highest BCUT2D eigenvalue weighted by Gasteiger charge is 2.08. The molecule has 0 saturated carbocycles. The number of hydrogen-bond acceptors (Lipinski definition) is 4. The zero-order chi connectivity index (χ0) is 13.2. The average Bonchev–Trinajstić information content (AvgIpc) is 2.86. The minimum absolute atomic E-state index is 0.760. The summed E-state index contributed by atoms with van der Waals surface area (Å²) >= 11 is 1.50. The minimum Gasteiger partial charge on any atom is -0.398 e. The van der Waals surface area contributed by atoms with Crippen molar-refractivity contribution in [2.24, 2.45) is 0 Å². The third-order valence-corrected chi connectivity index (χ3v) is 3.79. The van der Waals surface area contributed by atoms with Gasteiger partial charge < -0.3 is 5.73 Å². The highest BCUT2D eigenvalue weighted by molar-refractivity contribution is 7.06. The number of hydrogen-bond donors (Lipinski definition) is 1. The molecule has 2 N–H and O–H groups in total. The Morgan fingerprint density at radius 1 is 1.05 bits per heavy atom. The molecule has 0 atom stereocenters. The molecule has 0 spiro atoms. The molecule has 0 amide bonds. The maximum atomic E-state index is 6.16. The van der Waals surface area contributed by atoms with Gasteiger partial charge in [0, 0.05) is 45.8 Å². The lowest BCUT2D eigenvalue weighted by Gasteiger charge is -2.08.